The van der Waals surface area contributed by atoms with Crippen molar-refractivity contribution >= 4 is 29.2 Å². The second-order valence-electron chi connectivity index (χ2n) is 4.76. The number of rotatable bonds is 6. The van der Waals surface area contributed by atoms with Crippen LogP contribution in [0.5, 0.6) is 0 Å². The van der Waals surface area contributed by atoms with Crippen LogP contribution in [0.2, 0.25) is 0 Å². The number of nitrogens with one attached hydrogen (secondary N) is 3. The van der Waals surface area contributed by atoms with Gasteiger partial charge in [0.15, 0.2) is 5.69 Å². The zero-order chi connectivity index (χ0) is 15.4. The summed E-state index contributed by atoms with van der Waals surface area (Å²) in [5.74, 6) is -1.32. The first-order valence-corrected chi connectivity index (χ1v) is 7.36. The topological polar surface area (TPSA) is 120 Å². The molecule has 21 heavy (non-hydrogen) atoms. The molecular weight excluding hydrogens is 296 g/mol. The van der Waals surface area contributed by atoms with E-state index in [1.54, 1.807) is 6.92 Å². The normalized spacial score (nSPS) is 15.1. The number of carboxylic acids is 1. The molecule has 1 aromatic rings. The van der Waals surface area contributed by atoms with Gasteiger partial charge in [-0.05, 0) is 19.8 Å². The first-order chi connectivity index (χ1) is 9.95. The SMILES string of the molecule is CC(NC(=O)NCc1nc(C(=O)O)cs1)C(=O)NC1CC1. The maximum Gasteiger partial charge on any atom is 0.355 e. The lowest BCUT2D eigenvalue weighted by molar-refractivity contribution is -0.122. The van der Waals surface area contributed by atoms with E-state index in [9.17, 15) is 14.4 Å². The minimum absolute atomic E-state index is 0.0469. The van der Waals surface area contributed by atoms with E-state index in [1.165, 1.54) is 5.38 Å². The Labute approximate surface area is 124 Å². The van der Waals surface area contributed by atoms with Crippen LogP contribution in [0.25, 0.3) is 0 Å². The van der Waals surface area contributed by atoms with Gasteiger partial charge >= 0.3 is 12.0 Å². The van der Waals surface area contributed by atoms with Crippen molar-refractivity contribution in [2.75, 3.05) is 0 Å². The number of nitrogens with zero attached hydrogens (tertiary/aromatic N) is 1. The van der Waals surface area contributed by atoms with E-state index in [-0.39, 0.29) is 24.2 Å². The third-order valence-corrected chi connectivity index (χ3v) is 3.68. The van der Waals surface area contributed by atoms with Crippen LogP contribution in [-0.2, 0) is 11.3 Å². The lowest BCUT2D eigenvalue weighted by atomic mass is 10.3. The summed E-state index contributed by atoms with van der Waals surface area (Å²) >= 11 is 1.15. The number of urea groups is 1. The molecule has 1 saturated carbocycles. The van der Waals surface area contributed by atoms with Gasteiger partial charge in [-0.1, -0.05) is 0 Å². The van der Waals surface area contributed by atoms with Gasteiger partial charge in [0, 0.05) is 11.4 Å². The molecule has 0 saturated heterocycles. The van der Waals surface area contributed by atoms with E-state index in [0.717, 1.165) is 24.2 Å². The smallest absolute Gasteiger partial charge is 0.355 e. The lowest BCUT2D eigenvalue weighted by Crippen LogP contribution is -2.48. The molecule has 0 bridgehead atoms. The van der Waals surface area contributed by atoms with Crippen molar-refractivity contribution in [1.29, 1.82) is 0 Å². The highest BCUT2D eigenvalue weighted by Gasteiger charge is 2.26. The zero-order valence-electron chi connectivity index (χ0n) is 11.4. The fraction of sp³-hybridized carbons (Fsp3) is 0.500. The number of aromatic nitrogens is 1. The molecule has 1 unspecified atom stereocenters. The quantitative estimate of drug-likeness (QED) is 0.602. The van der Waals surface area contributed by atoms with E-state index in [1.807, 2.05) is 0 Å². The number of aromatic carboxylic acids is 1. The van der Waals surface area contributed by atoms with Crippen LogP contribution in [0.1, 0.15) is 35.3 Å². The molecule has 1 fully saturated rings. The Balaban J connectivity index is 1.72. The van der Waals surface area contributed by atoms with Crippen molar-refractivity contribution in [2.24, 2.45) is 0 Å². The summed E-state index contributed by atoms with van der Waals surface area (Å²) < 4.78 is 0. The second kappa shape index (κ2) is 6.53. The summed E-state index contributed by atoms with van der Waals surface area (Å²) in [5.41, 5.74) is -0.0469. The molecule has 8 nitrogen and oxygen atoms in total. The molecule has 1 heterocycles. The number of hydrogen-bond donors (Lipinski definition) is 4. The Hall–Kier alpha value is -2.16. The highest BCUT2D eigenvalue weighted by atomic mass is 32.1. The summed E-state index contributed by atoms with van der Waals surface area (Å²) in [5, 5.41) is 18.5. The lowest BCUT2D eigenvalue weighted by Gasteiger charge is -2.14. The van der Waals surface area contributed by atoms with Crippen LogP contribution in [0, 0.1) is 0 Å². The molecule has 0 radical (unpaired) electrons. The Bertz CT molecular complexity index is 555. The van der Waals surface area contributed by atoms with Gasteiger partial charge in [-0.2, -0.15) is 0 Å². The van der Waals surface area contributed by atoms with Crippen LogP contribution in [0.3, 0.4) is 0 Å². The van der Waals surface area contributed by atoms with E-state index in [0.29, 0.717) is 5.01 Å². The van der Waals surface area contributed by atoms with Crippen molar-refractivity contribution in [2.45, 2.75) is 38.4 Å². The Morgan fingerprint density at radius 2 is 2.19 bits per heavy atom. The van der Waals surface area contributed by atoms with Gasteiger partial charge in [0.2, 0.25) is 5.91 Å². The maximum absolute atomic E-state index is 11.7. The van der Waals surface area contributed by atoms with E-state index in [2.05, 4.69) is 20.9 Å². The van der Waals surface area contributed by atoms with Crippen LogP contribution >= 0.6 is 11.3 Å². The fourth-order valence-electron chi connectivity index (χ4n) is 1.51. The minimum Gasteiger partial charge on any atom is -0.476 e. The minimum atomic E-state index is -1.10. The molecule has 1 aliphatic rings. The molecule has 9 heteroatoms. The molecule has 114 valence electrons. The van der Waals surface area contributed by atoms with Crippen molar-refractivity contribution in [3.8, 4) is 0 Å². The summed E-state index contributed by atoms with van der Waals surface area (Å²) in [4.78, 5) is 37.8. The number of carbonyl (C=O) groups excluding carboxylic acids is 2. The molecule has 2 rings (SSSR count). The molecule has 1 aromatic heterocycles. The Morgan fingerprint density at radius 1 is 1.48 bits per heavy atom. The number of carbonyl (C=O) groups is 3. The molecule has 1 aliphatic carbocycles. The van der Waals surface area contributed by atoms with Gasteiger partial charge in [0.05, 0.1) is 6.54 Å². The predicted molar refractivity (Wildman–Crippen MR) is 75.1 cm³/mol. The second-order valence-corrected chi connectivity index (χ2v) is 5.71. The standard InChI is InChI=1S/C12H16N4O4S/c1-6(10(17)15-7-2-3-7)14-12(20)13-4-9-16-8(5-21-9)11(18)19/h5-7H,2-4H2,1H3,(H,15,17)(H,18,19)(H2,13,14,20). The first-order valence-electron chi connectivity index (χ1n) is 6.48. The number of carboxylic acid groups (broad SMARTS) is 1. The van der Waals surface area contributed by atoms with Gasteiger partial charge in [0.1, 0.15) is 11.0 Å². The van der Waals surface area contributed by atoms with Gasteiger partial charge in [-0.25, -0.2) is 14.6 Å². The van der Waals surface area contributed by atoms with Gasteiger partial charge in [-0.15, -0.1) is 11.3 Å². The third kappa shape index (κ3) is 4.71. The molecule has 4 N–H and O–H groups in total. The van der Waals surface area contributed by atoms with Crippen molar-refractivity contribution in [1.82, 2.24) is 20.9 Å². The Kier molecular flexibility index (Phi) is 4.73. The van der Waals surface area contributed by atoms with Gasteiger partial charge < -0.3 is 21.1 Å². The van der Waals surface area contributed by atoms with Crippen LogP contribution < -0.4 is 16.0 Å². The maximum atomic E-state index is 11.7. The summed E-state index contributed by atoms with van der Waals surface area (Å²) in [6.45, 7) is 1.71. The monoisotopic (exact) mass is 312 g/mol. The van der Waals surface area contributed by atoms with Crippen LogP contribution in [0.4, 0.5) is 4.79 Å². The van der Waals surface area contributed by atoms with Gasteiger partial charge in [-0.3, -0.25) is 4.79 Å². The molecule has 0 aromatic carbocycles. The number of hydrogen-bond acceptors (Lipinski definition) is 5. The molecular formula is C12H16N4O4S. The van der Waals surface area contributed by atoms with Crippen molar-refractivity contribution in [3.05, 3.63) is 16.1 Å². The summed E-state index contributed by atoms with van der Waals surface area (Å²) in [6.07, 6.45) is 1.97. The number of amides is 3. The fourth-order valence-corrected chi connectivity index (χ4v) is 2.22. The average molecular weight is 312 g/mol. The van der Waals surface area contributed by atoms with E-state index >= 15 is 0 Å². The summed E-state index contributed by atoms with van der Waals surface area (Å²) in [6, 6.07) is -0.883. The number of thiazole rings is 1. The predicted octanol–water partition coefficient (Wildman–Crippen LogP) is 0.308. The highest BCUT2D eigenvalue weighted by molar-refractivity contribution is 7.09. The zero-order valence-corrected chi connectivity index (χ0v) is 12.2. The van der Waals surface area contributed by atoms with Crippen LogP contribution in [0.15, 0.2) is 5.38 Å². The van der Waals surface area contributed by atoms with Crippen LogP contribution in [-0.4, -0.2) is 40.1 Å². The first kappa shape index (κ1) is 15.2. The van der Waals surface area contributed by atoms with Crippen molar-refractivity contribution < 1.29 is 19.5 Å². The average Bonchev–Trinajstić information content (AvgIpc) is 3.10. The molecule has 1 atom stereocenters. The molecule has 3 amide bonds. The van der Waals surface area contributed by atoms with E-state index < -0.39 is 18.0 Å². The summed E-state index contributed by atoms with van der Waals surface area (Å²) in [7, 11) is 0. The molecule has 0 aliphatic heterocycles. The molecule has 0 spiro atoms. The Morgan fingerprint density at radius 3 is 2.76 bits per heavy atom. The van der Waals surface area contributed by atoms with E-state index in [4.69, 9.17) is 5.11 Å². The third-order valence-electron chi connectivity index (χ3n) is 2.84. The van der Waals surface area contributed by atoms with Crippen molar-refractivity contribution in [3.63, 3.8) is 0 Å². The largest absolute Gasteiger partial charge is 0.476 e. The van der Waals surface area contributed by atoms with Gasteiger partial charge in [0.25, 0.3) is 0 Å². The highest BCUT2D eigenvalue weighted by Crippen LogP contribution is 2.18.